The molecule has 0 heterocycles. The molecule has 0 amide bonds. The summed E-state index contributed by atoms with van der Waals surface area (Å²) in [4.78, 5) is 11.2. The SMILES string of the molecule is CCc1ccc(C(=O)CCl)cc1Br. The number of halogens is 2. The van der Waals surface area contributed by atoms with Crippen molar-refractivity contribution in [1.82, 2.24) is 0 Å². The van der Waals surface area contributed by atoms with E-state index in [1.165, 1.54) is 5.56 Å². The van der Waals surface area contributed by atoms with E-state index in [0.29, 0.717) is 5.56 Å². The first kappa shape index (κ1) is 10.7. The van der Waals surface area contributed by atoms with Gasteiger partial charge < -0.3 is 0 Å². The topological polar surface area (TPSA) is 17.1 Å². The molecule has 0 saturated heterocycles. The third-order valence-electron chi connectivity index (χ3n) is 1.88. The van der Waals surface area contributed by atoms with Crippen LogP contribution in [0, 0.1) is 0 Å². The highest BCUT2D eigenvalue weighted by Gasteiger charge is 2.05. The minimum absolute atomic E-state index is 0.0370. The van der Waals surface area contributed by atoms with Crippen LogP contribution in [0.4, 0.5) is 0 Å². The molecule has 1 aromatic rings. The number of Topliss-reactive ketones (excluding diaryl/α,β-unsaturated/α-hetero) is 1. The standard InChI is InChI=1S/C10H10BrClO/c1-2-7-3-4-8(5-9(7)11)10(13)6-12/h3-5H,2,6H2,1H3. The molecule has 0 fully saturated rings. The second-order valence-electron chi connectivity index (χ2n) is 2.72. The summed E-state index contributed by atoms with van der Waals surface area (Å²) in [5.74, 6) is 0.00258. The molecule has 0 aliphatic heterocycles. The van der Waals surface area contributed by atoms with Crippen molar-refractivity contribution in [3.63, 3.8) is 0 Å². The molecule has 0 unspecified atom stereocenters. The van der Waals surface area contributed by atoms with E-state index in [1.54, 1.807) is 0 Å². The molecule has 70 valence electrons. The Balaban J connectivity index is 3.02. The summed E-state index contributed by atoms with van der Waals surface area (Å²) >= 11 is 8.86. The Morgan fingerprint density at radius 2 is 2.23 bits per heavy atom. The fourth-order valence-electron chi connectivity index (χ4n) is 1.08. The number of hydrogen-bond acceptors (Lipinski definition) is 1. The molecule has 0 bridgehead atoms. The summed E-state index contributed by atoms with van der Waals surface area (Å²) in [5, 5.41) is 0. The zero-order valence-electron chi connectivity index (χ0n) is 7.31. The molecule has 0 radical (unpaired) electrons. The van der Waals surface area contributed by atoms with Crippen molar-refractivity contribution < 1.29 is 4.79 Å². The molecule has 0 N–H and O–H groups in total. The Hall–Kier alpha value is -0.340. The largest absolute Gasteiger partial charge is 0.293 e. The van der Waals surface area contributed by atoms with Crippen LogP contribution < -0.4 is 0 Å². The number of benzene rings is 1. The summed E-state index contributed by atoms with van der Waals surface area (Å²) < 4.78 is 0.978. The molecule has 0 saturated carbocycles. The Kier molecular flexibility index (Phi) is 3.94. The van der Waals surface area contributed by atoms with E-state index in [9.17, 15) is 4.79 Å². The van der Waals surface area contributed by atoms with Crippen molar-refractivity contribution in [2.75, 3.05) is 5.88 Å². The van der Waals surface area contributed by atoms with Gasteiger partial charge in [-0.3, -0.25) is 4.79 Å². The molecule has 0 aromatic heterocycles. The number of hydrogen-bond donors (Lipinski definition) is 0. The maximum absolute atomic E-state index is 11.2. The van der Waals surface area contributed by atoms with E-state index in [0.717, 1.165) is 10.9 Å². The number of alkyl halides is 1. The van der Waals surface area contributed by atoms with Gasteiger partial charge in [0.05, 0.1) is 5.88 Å². The van der Waals surface area contributed by atoms with Crippen molar-refractivity contribution in [2.45, 2.75) is 13.3 Å². The van der Waals surface area contributed by atoms with E-state index in [2.05, 4.69) is 22.9 Å². The molecule has 0 atom stereocenters. The average Bonchev–Trinajstić information content (AvgIpc) is 2.16. The molecule has 1 aromatic carbocycles. The Bertz CT molecular complexity index is 323. The van der Waals surface area contributed by atoms with Gasteiger partial charge in [-0.15, -0.1) is 11.6 Å². The first-order chi connectivity index (χ1) is 6.19. The third-order valence-corrected chi connectivity index (χ3v) is 2.86. The summed E-state index contributed by atoms with van der Waals surface area (Å²) in [7, 11) is 0. The molecule has 0 aliphatic rings. The van der Waals surface area contributed by atoms with Crippen LogP contribution in [0.3, 0.4) is 0 Å². The maximum Gasteiger partial charge on any atom is 0.177 e. The van der Waals surface area contributed by atoms with Crippen molar-refractivity contribution in [2.24, 2.45) is 0 Å². The van der Waals surface area contributed by atoms with Gasteiger partial charge in [-0.2, -0.15) is 0 Å². The van der Waals surface area contributed by atoms with E-state index >= 15 is 0 Å². The number of rotatable bonds is 3. The van der Waals surface area contributed by atoms with Crippen LogP contribution in [0.2, 0.25) is 0 Å². The second-order valence-corrected chi connectivity index (χ2v) is 3.84. The highest BCUT2D eigenvalue weighted by atomic mass is 79.9. The summed E-state index contributed by atoms with van der Waals surface area (Å²) in [6.45, 7) is 2.07. The first-order valence-corrected chi connectivity index (χ1v) is 5.39. The van der Waals surface area contributed by atoms with Crippen LogP contribution >= 0.6 is 27.5 Å². The van der Waals surface area contributed by atoms with Gasteiger partial charge in [0.15, 0.2) is 5.78 Å². The average molecular weight is 262 g/mol. The normalized spacial score (nSPS) is 10.1. The highest BCUT2D eigenvalue weighted by Crippen LogP contribution is 2.19. The first-order valence-electron chi connectivity index (χ1n) is 4.06. The van der Waals surface area contributed by atoms with Crippen LogP contribution in [0.1, 0.15) is 22.8 Å². The molecule has 3 heteroatoms. The molecule has 0 aliphatic carbocycles. The minimum Gasteiger partial charge on any atom is -0.293 e. The fourth-order valence-corrected chi connectivity index (χ4v) is 1.90. The minimum atomic E-state index is -0.0370. The molecule has 13 heavy (non-hydrogen) atoms. The van der Waals surface area contributed by atoms with Crippen LogP contribution in [0.15, 0.2) is 22.7 Å². The van der Waals surface area contributed by atoms with Crippen LogP contribution in [0.25, 0.3) is 0 Å². The van der Waals surface area contributed by atoms with E-state index in [4.69, 9.17) is 11.6 Å². The van der Waals surface area contributed by atoms with E-state index in [1.807, 2.05) is 18.2 Å². The van der Waals surface area contributed by atoms with Gasteiger partial charge in [-0.05, 0) is 18.1 Å². The number of carbonyl (C=O) groups is 1. The monoisotopic (exact) mass is 260 g/mol. The quantitative estimate of drug-likeness (QED) is 0.602. The lowest BCUT2D eigenvalue weighted by Crippen LogP contribution is -2.00. The van der Waals surface area contributed by atoms with Gasteiger partial charge in [0.1, 0.15) is 0 Å². The summed E-state index contributed by atoms with van der Waals surface area (Å²) in [6.07, 6.45) is 0.954. The van der Waals surface area contributed by atoms with Gasteiger partial charge in [-0.25, -0.2) is 0 Å². The molecular weight excluding hydrogens is 251 g/mol. The number of aryl methyl sites for hydroxylation is 1. The predicted molar refractivity (Wildman–Crippen MR) is 58.6 cm³/mol. The van der Waals surface area contributed by atoms with Gasteiger partial charge in [0, 0.05) is 10.0 Å². The van der Waals surface area contributed by atoms with Gasteiger partial charge >= 0.3 is 0 Å². The molecular formula is C10H10BrClO. The molecule has 0 spiro atoms. The number of carbonyl (C=O) groups excluding carboxylic acids is 1. The zero-order valence-corrected chi connectivity index (χ0v) is 9.65. The van der Waals surface area contributed by atoms with Gasteiger partial charge in [-0.1, -0.05) is 35.0 Å². The Morgan fingerprint density at radius 1 is 1.54 bits per heavy atom. The van der Waals surface area contributed by atoms with Crippen LogP contribution in [0.5, 0.6) is 0 Å². The van der Waals surface area contributed by atoms with Crippen molar-refractivity contribution in [3.8, 4) is 0 Å². The summed E-state index contributed by atoms with van der Waals surface area (Å²) in [6, 6.07) is 5.59. The smallest absolute Gasteiger partial charge is 0.177 e. The van der Waals surface area contributed by atoms with Crippen LogP contribution in [-0.4, -0.2) is 11.7 Å². The zero-order chi connectivity index (χ0) is 9.84. The predicted octanol–water partition coefficient (Wildman–Crippen LogP) is 3.43. The van der Waals surface area contributed by atoms with Crippen molar-refractivity contribution in [3.05, 3.63) is 33.8 Å². The molecule has 1 rings (SSSR count). The highest BCUT2D eigenvalue weighted by molar-refractivity contribution is 9.10. The van der Waals surface area contributed by atoms with Crippen LogP contribution in [-0.2, 0) is 6.42 Å². The maximum atomic E-state index is 11.2. The summed E-state index contributed by atoms with van der Waals surface area (Å²) in [5.41, 5.74) is 1.87. The molecule has 1 nitrogen and oxygen atoms in total. The van der Waals surface area contributed by atoms with E-state index in [-0.39, 0.29) is 11.7 Å². The van der Waals surface area contributed by atoms with Gasteiger partial charge in [0.25, 0.3) is 0 Å². The number of ketones is 1. The lowest BCUT2D eigenvalue weighted by atomic mass is 10.1. The van der Waals surface area contributed by atoms with E-state index < -0.39 is 0 Å². The van der Waals surface area contributed by atoms with Crippen molar-refractivity contribution in [1.29, 1.82) is 0 Å². The lowest BCUT2D eigenvalue weighted by molar-refractivity contribution is 0.102. The fraction of sp³-hybridized carbons (Fsp3) is 0.300. The Labute approximate surface area is 91.2 Å². The Morgan fingerprint density at radius 3 is 2.69 bits per heavy atom. The van der Waals surface area contributed by atoms with Gasteiger partial charge in [0.2, 0.25) is 0 Å². The van der Waals surface area contributed by atoms with Crippen molar-refractivity contribution >= 4 is 33.3 Å². The third kappa shape index (κ3) is 2.55. The second kappa shape index (κ2) is 4.77. The lowest BCUT2D eigenvalue weighted by Gasteiger charge is -2.03.